The number of hydrogen-bond donors (Lipinski definition) is 0. The van der Waals surface area contributed by atoms with Crippen molar-refractivity contribution in [1.82, 2.24) is 4.57 Å². The van der Waals surface area contributed by atoms with Crippen LogP contribution in [0.15, 0.2) is 51.8 Å². The number of benzene rings is 2. The van der Waals surface area contributed by atoms with E-state index in [1.165, 1.54) is 11.3 Å². The Morgan fingerprint density at radius 3 is 2.44 bits per heavy atom. The van der Waals surface area contributed by atoms with Gasteiger partial charge in [-0.2, -0.15) is 8.42 Å². The average Bonchev–Trinajstić information content (AvgIpc) is 2.88. The van der Waals surface area contributed by atoms with Crippen LogP contribution in [0.2, 0.25) is 0 Å². The van der Waals surface area contributed by atoms with E-state index in [4.69, 9.17) is 4.74 Å². The summed E-state index contributed by atoms with van der Waals surface area (Å²) in [7, 11) is -2.14. The quantitative estimate of drug-likeness (QED) is 0.687. The molecule has 0 saturated heterocycles. The fraction of sp³-hybridized carbons (Fsp3) is 0.278. The second-order valence-electron chi connectivity index (χ2n) is 5.88. The Hall–Kier alpha value is -1.96. The second kappa shape index (κ2) is 7.11. The lowest BCUT2D eigenvalue weighted by Gasteiger charge is -2.05. The topological polar surface area (TPSA) is 60.7 Å². The Morgan fingerprint density at radius 2 is 1.76 bits per heavy atom. The smallest absolute Gasteiger partial charge is 0.285 e. The van der Waals surface area contributed by atoms with Gasteiger partial charge in [0.25, 0.3) is 10.0 Å². The van der Waals surface area contributed by atoms with E-state index in [0.717, 1.165) is 21.3 Å². The molecular formula is C18H20N2O3S2. The van der Waals surface area contributed by atoms with Crippen molar-refractivity contribution in [1.29, 1.82) is 0 Å². The first-order valence-corrected chi connectivity index (χ1v) is 10.1. The predicted molar refractivity (Wildman–Crippen MR) is 100 cm³/mol. The highest BCUT2D eigenvalue weighted by molar-refractivity contribution is 7.90. The van der Waals surface area contributed by atoms with E-state index in [2.05, 4.69) is 4.40 Å². The molecule has 0 saturated carbocycles. The van der Waals surface area contributed by atoms with Crippen LogP contribution in [0.3, 0.4) is 0 Å². The number of ether oxygens (including phenoxy) is 1. The summed E-state index contributed by atoms with van der Waals surface area (Å²) in [5.74, 6) is 0. The van der Waals surface area contributed by atoms with Gasteiger partial charge < -0.3 is 9.30 Å². The highest BCUT2D eigenvalue weighted by Gasteiger charge is 2.14. The van der Waals surface area contributed by atoms with Gasteiger partial charge >= 0.3 is 0 Å². The Balaban J connectivity index is 2.18. The van der Waals surface area contributed by atoms with E-state index in [9.17, 15) is 8.42 Å². The molecule has 2 aromatic carbocycles. The maximum atomic E-state index is 12.7. The Labute approximate surface area is 151 Å². The van der Waals surface area contributed by atoms with Gasteiger partial charge in [-0.1, -0.05) is 35.1 Å². The van der Waals surface area contributed by atoms with Crippen LogP contribution in [0.5, 0.6) is 0 Å². The summed E-state index contributed by atoms with van der Waals surface area (Å²) in [6.07, 6.45) is 0. The normalized spacial score (nSPS) is 12.8. The van der Waals surface area contributed by atoms with Crippen LogP contribution in [0.4, 0.5) is 0 Å². The number of hydrogen-bond acceptors (Lipinski definition) is 4. The number of fused-ring (bicyclic) bond motifs is 1. The third kappa shape index (κ3) is 3.84. The Kier molecular flexibility index (Phi) is 5.08. The molecule has 7 heteroatoms. The van der Waals surface area contributed by atoms with Crippen molar-refractivity contribution in [3.63, 3.8) is 0 Å². The third-order valence-electron chi connectivity index (χ3n) is 3.87. The van der Waals surface area contributed by atoms with Gasteiger partial charge in [0.05, 0.1) is 21.7 Å². The molecule has 0 radical (unpaired) electrons. The van der Waals surface area contributed by atoms with Crippen molar-refractivity contribution >= 4 is 31.6 Å². The number of nitrogens with zero attached hydrogens (tertiary/aromatic N) is 2. The van der Waals surface area contributed by atoms with E-state index in [-0.39, 0.29) is 4.90 Å². The molecule has 0 fully saturated rings. The van der Waals surface area contributed by atoms with Crippen LogP contribution in [-0.2, 0) is 21.3 Å². The van der Waals surface area contributed by atoms with Gasteiger partial charge in [0.15, 0.2) is 0 Å². The van der Waals surface area contributed by atoms with Crippen LogP contribution in [0.1, 0.15) is 11.1 Å². The first-order valence-electron chi connectivity index (χ1n) is 7.87. The number of aromatic nitrogens is 1. The Morgan fingerprint density at radius 1 is 1.08 bits per heavy atom. The predicted octanol–water partition coefficient (Wildman–Crippen LogP) is 3.26. The minimum absolute atomic E-state index is 0.199. The number of thiazole rings is 1. The maximum Gasteiger partial charge on any atom is 0.285 e. The minimum Gasteiger partial charge on any atom is -0.383 e. The van der Waals surface area contributed by atoms with Crippen LogP contribution >= 0.6 is 11.3 Å². The van der Waals surface area contributed by atoms with Crippen LogP contribution < -0.4 is 4.80 Å². The van der Waals surface area contributed by atoms with Crippen LogP contribution in [-0.4, -0.2) is 26.7 Å². The van der Waals surface area contributed by atoms with Crippen LogP contribution in [0.25, 0.3) is 10.2 Å². The highest BCUT2D eigenvalue weighted by Crippen LogP contribution is 2.20. The zero-order chi connectivity index (χ0) is 18.0. The third-order valence-corrected chi connectivity index (χ3v) is 6.31. The summed E-state index contributed by atoms with van der Waals surface area (Å²) in [6.45, 7) is 4.96. The summed E-state index contributed by atoms with van der Waals surface area (Å²) < 4.78 is 37.5. The summed E-state index contributed by atoms with van der Waals surface area (Å²) in [5.41, 5.74) is 3.09. The maximum absolute atomic E-state index is 12.7. The van der Waals surface area contributed by atoms with Crippen LogP contribution in [0, 0.1) is 13.8 Å². The molecule has 0 N–H and O–H groups in total. The SMILES string of the molecule is COCCn1/c(=N/S(=O)(=O)c2ccc(C)cc2)sc2cc(C)ccc21. The molecule has 1 aromatic heterocycles. The lowest BCUT2D eigenvalue weighted by Crippen LogP contribution is -2.19. The monoisotopic (exact) mass is 376 g/mol. The molecule has 0 unspecified atom stereocenters. The molecule has 0 aliphatic rings. The minimum atomic E-state index is -3.76. The average molecular weight is 377 g/mol. The largest absolute Gasteiger partial charge is 0.383 e. The van der Waals surface area contributed by atoms with Gasteiger partial charge in [-0.15, -0.1) is 4.40 Å². The number of sulfonamides is 1. The first kappa shape index (κ1) is 17.8. The van der Waals surface area contributed by atoms with Gasteiger partial charge in [-0.25, -0.2) is 0 Å². The molecule has 5 nitrogen and oxygen atoms in total. The fourth-order valence-electron chi connectivity index (χ4n) is 2.51. The molecule has 25 heavy (non-hydrogen) atoms. The Bertz CT molecular complexity index is 1060. The molecule has 0 amide bonds. The molecule has 0 atom stereocenters. The second-order valence-corrected chi connectivity index (χ2v) is 8.49. The molecule has 0 aliphatic carbocycles. The van der Waals surface area contributed by atoms with E-state index in [1.807, 2.05) is 36.6 Å². The number of aryl methyl sites for hydroxylation is 2. The van der Waals surface area contributed by atoms with Gasteiger partial charge in [-0.3, -0.25) is 0 Å². The van der Waals surface area contributed by atoms with Gasteiger partial charge in [-0.05, 0) is 43.7 Å². The van der Waals surface area contributed by atoms with E-state index in [0.29, 0.717) is 18.0 Å². The van der Waals surface area contributed by atoms with Crippen molar-refractivity contribution in [3.8, 4) is 0 Å². The molecule has 3 rings (SSSR count). The van der Waals surface area contributed by atoms with Crippen molar-refractivity contribution in [2.75, 3.05) is 13.7 Å². The van der Waals surface area contributed by atoms with E-state index in [1.54, 1.807) is 31.4 Å². The van der Waals surface area contributed by atoms with E-state index >= 15 is 0 Å². The zero-order valence-corrected chi connectivity index (χ0v) is 16.0. The van der Waals surface area contributed by atoms with Gasteiger partial charge in [0, 0.05) is 13.7 Å². The lowest BCUT2D eigenvalue weighted by atomic mass is 10.2. The molecule has 0 spiro atoms. The highest BCUT2D eigenvalue weighted by atomic mass is 32.2. The summed E-state index contributed by atoms with van der Waals surface area (Å²) in [4.78, 5) is 0.656. The van der Waals surface area contributed by atoms with Crippen molar-refractivity contribution in [3.05, 3.63) is 58.4 Å². The van der Waals surface area contributed by atoms with Crippen molar-refractivity contribution in [2.24, 2.45) is 4.40 Å². The fourth-order valence-corrected chi connectivity index (χ4v) is 4.87. The molecule has 0 bridgehead atoms. The number of methoxy groups -OCH3 is 1. The van der Waals surface area contributed by atoms with E-state index < -0.39 is 10.0 Å². The molecule has 0 aliphatic heterocycles. The summed E-state index contributed by atoms with van der Waals surface area (Å²) >= 11 is 1.37. The molecular weight excluding hydrogens is 356 g/mol. The number of rotatable bonds is 5. The molecule has 132 valence electrons. The van der Waals surface area contributed by atoms with Crippen molar-refractivity contribution < 1.29 is 13.2 Å². The standard InChI is InChI=1S/C18H20N2O3S2/c1-13-4-7-15(8-5-13)25(21,22)19-18-20(10-11-23-3)16-9-6-14(2)12-17(16)24-18/h4-9,12H,10-11H2,1-3H3/b19-18-. The first-order chi connectivity index (χ1) is 11.9. The van der Waals surface area contributed by atoms with Gasteiger partial charge in [0.1, 0.15) is 0 Å². The summed E-state index contributed by atoms with van der Waals surface area (Å²) in [5, 5.41) is 0. The summed E-state index contributed by atoms with van der Waals surface area (Å²) in [6, 6.07) is 12.8. The zero-order valence-electron chi connectivity index (χ0n) is 14.4. The van der Waals surface area contributed by atoms with Crippen molar-refractivity contribution in [2.45, 2.75) is 25.3 Å². The molecule has 1 heterocycles. The molecule has 3 aromatic rings. The lowest BCUT2D eigenvalue weighted by molar-refractivity contribution is 0.187. The van der Waals surface area contributed by atoms with Gasteiger partial charge in [0.2, 0.25) is 4.80 Å².